The standard InChI is InChI=1S/C15H23FN2O3/c1-20-6-4-17-9-12-2-3-15(14(16)8-12)18-5-7-21-13(10-18)11-19/h2-3,8,13,17,19H,4-7,9-11H2,1H3. The molecule has 0 spiro atoms. The molecule has 0 amide bonds. The molecule has 0 aromatic heterocycles. The molecule has 6 heteroatoms. The minimum Gasteiger partial charge on any atom is -0.394 e. The Kier molecular flexibility index (Phi) is 6.38. The van der Waals surface area contributed by atoms with Gasteiger partial charge in [0.2, 0.25) is 0 Å². The van der Waals surface area contributed by atoms with Crippen LogP contribution in [0.15, 0.2) is 18.2 Å². The third kappa shape index (κ3) is 4.64. The molecule has 1 atom stereocenters. The molecule has 21 heavy (non-hydrogen) atoms. The van der Waals surface area contributed by atoms with Crippen LogP contribution in [0.5, 0.6) is 0 Å². The fraction of sp³-hybridized carbons (Fsp3) is 0.600. The first-order valence-corrected chi connectivity index (χ1v) is 7.20. The number of aliphatic hydroxyl groups is 1. The van der Waals surface area contributed by atoms with Crippen molar-refractivity contribution in [2.45, 2.75) is 12.6 Å². The van der Waals surface area contributed by atoms with Gasteiger partial charge in [-0.2, -0.15) is 0 Å². The highest BCUT2D eigenvalue weighted by Gasteiger charge is 2.22. The van der Waals surface area contributed by atoms with Crippen molar-refractivity contribution < 1.29 is 19.0 Å². The Balaban J connectivity index is 1.95. The molecule has 1 fully saturated rings. The zero-order valence-corrected chi connectivity index (χ0v) is 12.3. The third-order valence-electron chi connectivity index (χ3n) is 3.51. The lowest BCUT2D eigenvalue weighted by atomic mass is 10.1. The molecule has 0 bridgehead atoms. The number of anilines is 1. The van der Waals surface area contributed by atoms with Gasteiger partial charge in [-0.3, -0.25) is 0 Å². The molecule has 0 radical (unpaired) electrons. The van der Waals surface area contributed by atoms with E-state index in [1.165, 1.54) is 0 Å². The summed E-state index contributed by atoms with van der Waals surface area (Å²) < 4.78 is 24.6. The number of ether oxygens (including phenoxy) is 2. The third-order valence-corrected chi connectivity index (χ3v) is 3.51. The van der Waals surface area contributed by atoms with E-state index in [0.29, 0.717) is 38.5 Å². The zero-order chi connectivity index (χ0) is 15.1. The summed E-state index contributed by atoms with van der Waals surface area (Å²) in [5.74, 6) is -0.236. The van der Waals surface area contributed by atoms with E-state index in [4.69, 9.17) is 14.6 Å². The summed E-state index contributed by atoms with van der Waals surface area (Å²) in [6, 6.07) is 5.27. The summed E-state index contributed by atoms with van der Waals surface area (Å²) in [6.45, 7) is 3.60. The molecular formula is C15H23FN2O3. The Labute approximate surface area is 124 Å². The molecule has 1 saturated heterocycles. The number of halogens is 1. The van der Waals surface area contributed by atoms with E-state index in [1.54, 1.807) is 19.2 Å². The van der Waals surface area contributed by atoms with Crippen LogP contribution >= 0.6 is 0 Å². The van der Waals surface area contributed by atoms with Crippen molar-refractivity contribution in [2.24, 2.45) is 0 Å². The van der Waals surface area contributed by atoms with Gasteiger partial charge in [0.05, 0.1) is 31.6 Å². The molecule has 1 unspecified atom stereocenters. The molecule has 0 aliphatic carbocycles. The van der Waals surface area contributed by atoms with E-state index in [1.807, 2.05) is 11.0 Å². The van der Waals surface area contributed by atoms with Crippen molar-refractivity contribution in [3.8, 4) is 0 Å². The van der Waals surface area contributed by atoms with Crippen molar-refractivity contribution in [3.05, 3.63) is 29.6 Å². The predicted octanol–water partition coefficient (Wildman–Crippen LogP) is 0.759. The number of aliphatic hydroxyl groups excluding tert-OH is 1. The Morgan fingerprint density at radius 2 is 2.38 bits per heavy atom. The summed E-state index contributed by atoms with van der Waals surface area (Å²) in [4.78, 5) is 1.92. The van der Waals surface area contributed by atoms with Crippen molar-refractivity contribution in [1.29, 1.82) is 0 Å². The average Bonchev–Trinajstić information content (AvgIpc) is 2.52. The Morgan fingerprint density at radius 1 is 1.52 bits per heavy atom. The molecule has 2 rings (SSSR count). The van der Waals surface area contributed by atoms with Gasteiger partial charge in [0.1, 0.15) is 5.82 Å². The van der Waals surface area contributed by atoms with Crippen LogP contribution in [0.1, 0.15) is 5.56 Å². The Morgan fingerprint density at radius 3 is 3.10 bits per heavy atom. The number of nitrogens with zero attached hydrogens (tertiary/aromatic N) is 1. The molecule has 1 aromatic carbocycles. The van der Waals surface area contributed by atoms with Gasteiger partial charge >= 0.3 is 0 Å². The second kappa shape index (κ2) is 8.29. The van der Waals surface area contributed by atoms with E-state index >= 15 is 0 Å². The molecule has 5 nitrogen and oxygen atoms in total. The number of rotatable bonds is 7. The molecule has 1 aliphatic rings. The van der Waals surface area contributed by atoms with Crippen LogP contribution in [0.3, 0.4) is 0 Å². The van der Waals surface area contributed by atoms with Crippen LogP contribution < -0.4 is 10.2 Å². The van der Waals surface area contributed by atoms with Crippen LogP contribution in [-0.2, 0) is 16.0 Å². The first kappa shape index (κ1) is 16.2. The van der Waals surface area contributed by atoms with E-state index in [9.17, 15) is 4.39 Å². The van der Waals surface area contributed by atoms with E-state index in [0.717, 1.165) is 12.1 Å². The maximum Gasteiger partial charge on any atom is 0.146 e. The van der Waals surface area contributed by atoms with Gasteiger partial charge in [-0.25, -0.2) is 4.39 Å². The van der Waals surface area contributed by atoms with Gasteiger partial charge < -0.3 is 24.8 Å². The van der Waals surface area contributed by atoms with Gasteiger partial charge in [0.25, 0.3) is 0 Å². The summed E-state index contributed by atoms with van der Waals surface area (Å²) >= 11 is 0. The predicted molar refractivity (Wildman–Crippen MR) is 79.0 cm³/mol. The first-order valence-electron chi connectivity index (χ1n) is 7.20. The van der Waals surface area contributed by atoms with Gasteiger partial charge in [0, 0.05) is 33.3 Å². The van der Waals surface area contributed by atoms with Crippen LogP contribution in [0.25, 0.3) is 0 Å². The minimum atomic E-state index is -0.242. The van der Waals surface area contributed by atoms with Gasteiger partial charge in [-0.15, -0.1) is 0 Å². The molecular weight excluding hydrogens is 275 g/mol. The second-order valence-electron chi connectivity index (χ2n) is 5.08. The van der Waals surface area contributed by atoms with Crippen LogP contribution in [0.2, 0.25) is 0 Å². The SMILES string of the molecule is COCCNCc1ccc(N2CCOC(CO)C2)c(F)c1. The molecule has 1 aromatic rings. The molecule has 1 aliphatic heterocycles. The fourth-order valence-electron chi connectivity index (χ4n) is 2.37. The lowest BCUT2D eigenvalue weighted by molar-refractivity contribution is 0.00341. The normalized spacial score (nSPS) is 19.0. The van der Waals surface area contributed by atoms with E-state index < -0.39 is 0 Å². The van der Waals surface area contributed by atoms with Crippen molar-refractivity contribution >= 4 is 5.69 Å². The highest BCUT2D eigenvalue weighted by molar-refractivity contribution is 5.49. The van der Waals surface area contributed by atoms with Crippen molar-refractivity contribution in [3.63, 3.8) is 0 Å². The Hall–Kier alpha value is -1.21. The number of methoxy groups -OCH3 is 1. The fourth-order valence-corrected chi connectivity index (χ4v) is 2.37. The average molecular weight is 298 g/mol. The number of morpholine rings is 1. The quantitative estimate of drug-likeness (QED) is 0.728. The largest absolute Gasteiger partial charge is 0.394 e. The lowest BCUT2D eigenvalue weighted by Gasteiger charge is -2.34. The zero-order valence-electron chi connectivity index (χ0n) is 12.3. The van der Waals surface area contributed by atoms with Gasteiger partial charge in [-0.05, 0) is 17.7 Å². The summed E-state index contributed by atoms with van der Waals surface area (Å²) in [5, 5.41) is 12.3. The maximum atomic E-state index is 14.2. The monoisotopic (exact) mass is 298 g/mol. The van der Waals surface area contributed by atoms with Crippen molar-refractivity contribution in [2.75, 3.05) is 51.5 Å². The number of benzene rings is 1. The summed E-state index contributed by atoms with van der Waals surface area (Å²) in [6.07, 6.45) is -0.242. The number of nitrogens with one attached hydrogen (secondary N) is 1. The molecule has 2 N–H and O–H groups in total. The minimum absolute atomic E-state index is 0.0420. The van der Waals surface area contributed by atoms with Gasteiger partial charge in [0.15, 0.2) is 0 Å². The van der Waals surface area contributed by atoms with Crippen molar-refractivity contribution in [1.82, 2.24) is 5.32 Å². The highest BCUT2D eigenvalue weighted by atomic mass is 19.1. The molecule has 0 saturated carbocycles. The van der Waals surface area contributed by atoms with E-state index in [2.05, 4.69) is 5.32 Å². The van der Waals surface area contributed by atoms with Crippen LogP contribution in [0.4, 0.5) is 10.1 Å². The molecule has 118 valence electrons. The van der Waals surface area contributed by atoms with Gasteiger partial charge in [-0.1, -0.05) is 6.07 Å². The molecule has 1 heterocycles. The second-order valence-corrected chi connectivity index (χ2v) is 5.08. The van der Waals surface area contributed by atoms with Crippen LogP contribution in [-0.4, -0.2) is 57.8 Å². The maximum absolute atomic E-state index is 14.2. The summed E-state index contributed by atoms with van der Waals surface area (Å²) in [7, 11) is 1.65. The highest BCUT2D eigenvalue weighted by Crippen LogP contribution is 2.22. The number of hydrogen-bond acceptors (Lipinski definition) is 5. The van der Waals surface area contributed by atoms with Crippen LogP contribution in [0, 0.1) is 5.82 Å². The smallest absolute Gasteiger partial charge is 0.146 e. The first-order chi connectivity index (χ1) is 10.2. The number of hydrogen-bond donors (Lipinski definition) is 2. The lowest BCUT2D eigenvalue weighted by Crippen LogP contribution is -2.44. The topological polar surface area (TPSA) is 54.0 Å². The summed E-state index contributed by atoms with van der Waals surface area (Å²) in [5.41, 5.74) is 1.47. The van der Waals surface area contributed by atoms with E-state index in [-0.39, 0.29) is 18.5 Å². The Bertz CT molecular complexity index is 445.